The SMILES string of the molecule is CCNC(=O)[C@@H](C)OC(=O)/C(=C/c1ccc(O)c(OCC)c1)c1ccccc1. The van der Waals surface area contributed by atoms with E-state index in [0.29, 0.717) is 35.6 Å². The third-order valence-electron chi connectivity index (χ3n) is 3.90. The first kappa shape index (κ1) is 21.0. The molecule has 1 atom stereocenters. The maximum Gasteiger partial charge on any atom is 0.339 e. The molecule has 0 spiro atoms. The summed E-state index contributed by atoms with van der Waals surface area (Å²) in [6.45, 7) is 5.99. The smallest absolute Gasteiger partial charge is 0.339 e. The summed E-state index contributed by atoms with van der Waals surface area (Å²) < 4.78 is 10.8. The molecular weight excluding hydrogens is 358 g/mol. The van der Waals surface area contributed by atoms with Crippen molar-refractivity contribution in [3.63, 3.8) is 0 Å². The van der Waals surface area contributed by atoms with E-state index < -0.39 is 12.1 Å². The van der Waals surface area contributed by atoms with Gasteiger partial charge in [0, 0.05) is 6.54 Å². The lowest BCUT2D eigenvalue weighted by molar-refractivity contribution is -0.149. The van der Waals surface area contributed by atoms with Crippen molar-refractivity contribution < 1.29 is 24.2 Å². The number of ether oxygens (including phenoxy) is 2. The van der Waals surface area contributed by atoms with Gasteiger partial charge in [0.25, 0.3) is 5.91 Å². The Morgan fingerprint density at radius 2 is 1.86 bits per heavy atom. The average Bonchev–Trinajstić information content (AvgIpc) is 2.69. The van der Waals surface area contributed by atoms with Gasteiger partial charge in [-0.15, -0.1) is 0 Å². The van der Waals surface area contributed by atoms with Gasteiger partial charge in [0.05, 0.1) is 12.2 Å². The van der Waals surface area contributed by atoms with Gasteiger partial charge < -0.3 is 19.9 Å². The molecule has 0 saturated carbocycles. The number of rotatable bonds is 8. The normalized spacial score (nSPS) is 12.2. The molecule has 0 aliphatic heterocycles. The van der Waals surface area contributed by atoms with E-state index in [9.17, 15) is 14.7 Å². The van der Waals surface area contributed by atoms with Gasteiger partial charge in [-0.05, 0) is 50.1 Å². The summed E-state index contributed by atoms with van der Waals surface area (Å²) in [6, 6.07) is 13.9. The Labute approximate surface area is 164 Å². The number of carbonyl (C=O) groups is 2. The Morgan fingerprint density at radius 3 is 2.50 bits per heavy atom. The van der Waals surface area contributed by atoms with E-state index >= 15 is 0 Å². The highest BCUT2D eigenvalue weighted by atomic mass is 16.5. The molecule has 6 nitrogen and oxygen atoms in total. The minimum atomic E-state index is -0.918. The maximum absolute atomic E-state index is 12.8. The number of nitrogens with one attached hydrogen (secondary N) is 1. The summed E-state index contributed by atoms with van der Waals surface area (Å²) in [5, 5.41) is 12.5. The van der Waals surface area contributed by atoms with Gasteiger partial charge in [-0.3, -0.25) is 4.79 Å². The third kappa shape index (κ3) is 5.61. The first-order chi connectivity index (χ1) is 13.5. The lowest BCUT2D eigenvalue weighted by atomic mass is 10.0. The van der Waals surface area contributed by atoms with Crippen LogP contribution < -0.4 is 10.1 Å². The van der Waals surface area contributed by atoms with Crippen molar-refractivity contribution in [2.75, 3.05) is 13.2 Å². The topological polar surface area (TPSA) is 84.9 Å². The van der Waals surface area contributed by atoms with Crippen LogP contribution in [0.2, 0.25) is 0 Å². The fourth-order valence-corrected chi connectivity index (χ4v) is 2.53. The molecule has 0 unspecified atom stereocenters. The Morgan fingerprint density at radius 1 is 1.14 bits per heavy atom. The molecule has 2 rings (SSSR count). The van der Waals surface area contributed by atoms with E-state index in [1.54, 1.807) is 37.3 Å². The van der Waals surface area contributed by atoms with E-state index in [4.69, 9.17) is 9.47 Å². The van der Waals surface area contributed by atoms with E-state index in [-0.39, 0.29) is 11.7 Å². The van der Waals surface area contributed by atoms with E-state index in [0.717, 1.165) is 0 Å². The number of phenolic OH excluding ortho intramolecular Hbond substituents is 1. The van der Waals surface area contributed by atoms with Crippen LogP contribution in [0.3, 0.4) is 0 Å². The molecular formula is C22H25NO5. The molecule has 0 aliphatic rings. The van der Waals surface area contributed by atoms with Crippen molar-refractivity contribution in [1.29, 1.82) is 0 Å². The Bertz CT molecular complexity index is 845. The monoisotopic (exact) mass is 383 g/mol. The number of benzene rings is 2. The first-order valence-corrected chi connectivity index (χ1v) is 9.17. The fourth-order valence-electron chi connectivity index (χ4n) is 2.53. The summed E-state index contributed by atoms with van der Waals surface area (Å²) in [5.41, 5.74) is 1.61. The van der Waals surface area contributed by atoms with Crippen LogP contribution in [0, 0.1) is 0 Å². The second-order valence-corrected chi connectivity index (χ2v) is 6.03. The molecule has 28 heavy (non-hydrogen) atoms. The fraction of sp³-hybridized carbons (Fsp3) is 0.273. The highest BCUT2D eigenvalue weighted by molar-refractivity contribution is 6.22. The minimum Gasteiger partial charge on any atom is -0.504 e. The van der Waals surface area contributed by atoms with Gasteiger partial charge in [-0.25, -0.2) is 4.79 Å². The van der Waals surface area contributed by atoms with Crippen molar-refractivity contribution >= 4 is 23.5 Å². The standard InChI is InChI=1S/C22H25NO5/c1-4-23-21(25)15(3)28-22(26)18(17-9-7-6-8-10-17)13-16-11-12-19(24)20(14-16)27-5-2/h6-15,24H,4-5H2,1-3H3,(H,23,25)/b18-13+/t15-/m1/s1. The zero-order valence-corrected chi connectivity index (χ0v) is 16.3. The Balaban J connectivity index is 2.38. The number of hydrogen-bond donors (Lipinski definition) is 2. The summed E-state index contributed by atoms with van der Waals surface area (Å²) in [5.74, 6) is -0.622. The van der Waals surface area contributed by atoms with Gasteiger partial charge >= 0.3 is 5.97 Å². The van der Waals surface area contributed by atoms with Crippen molar-refractivity contribution in [2.24, 2.45) is 0 Å². The minimum absolute atomic E-state index is 0.0210. The lowest BCUT2D eigenvalue weighted by Gasteiger charge is -2.15. The predicted molar refractivity (Wildman–Crippen MR) is 108 cm³/mol. The van der Waals surface area contributed by atoms with Crippen LogP contribution in [0.5, 0.6) is 11.5 Å². The predicted octanol–water partition coefficient (Wildman–Crippen LogP) is 3.40. The summed E-state index contributed by atoms with van der Waals surface area (Å²) in [7, 11) is 0. The molecule has 0 bridgehead atoms. The quantitative estimate of drug-likeness (QED) is 0.415. The van der Waals surface area contributed by atoms with Crippen LogP contribution in [0.4, 0.5) is 0 Å². The van der Waals surface area contributed by atoms with Gasteiger partial charge in [-0.2, -0.15) is 0 Å². The van der Waals surface area contributed by atoms with Crippen LogP contribution in [0.25, 0.3) is 11.6 Å². The molecule has 0 saturated heterocycles. The molecule has 148 valence electrons. The summed E-state index contributed by atoms with van der Waals surface area (Å²) in [6.07, 6.45) is 0.725. The van der Waals surface area contributed by atoms with Crippen LogP contribution in [0.15, 0.2) is 48.5 Å². The van der Waals surface area contributed by atoms with Crippen LogP contribution in [0.1, 0.15) is 31.9 Å². The van der Waals surface area contributed by atoms with Gasteiger partial charge in [-0.1, -0.05) is 36.4 Å². The number of carbonyl (C=O) groups excluding carboxylic acids is 2. The van der Waals surface area contributed by atoms with Gasteiger partial charge in [0.15, 0.2) is 17.6 Å². The molecule has 0 aromatic heterocycles. The molecule has 2 N–H and O–H groups in total. The molecule has 0 heterocycles. The van der Waals surface area contributed by atoms with Crippen LogP contribution >= 0.6 is 0 Å². The van der Waals surface area contributed by atoms with E-state index in [2.05, 4.69) is 5.32 Å². The van der Waals surface area contributed by atoms with E-state index in [1.807, 2.05) is 25.1 Å². The highest BCUT2D eigenvalue weighted by Crippen LogP contribution is 2.29. The second kappa shape index (κ2) is 10.2. The van der Waals surface area contributed by atoms with Crippen LogP contribution in [-0.4, -0.2) is 36.2 Å². The largest absolute Gasteiger partial charge is 0.504 e. The van der Waals surface area contributed by atoms with Crippen molar-refractivity contribution in [3.8, 4) is 11.5 Å². The Hall–Kier alpha value is -3.28. The summed E-state index contributed by atoms with van der Waals surface area (Å²) in [4.78, 5) is 24.7. The van der Waals surface area contributed by atoms with Gasteiger partial charge in [0.2, 0.25) is 0 Å². The number of likely N-dealkylation sites (N-methyl/N-ethyl adjacent to an activating group) is 1. The zero-order valence-electron chi connectivity index (χ0n) is 16.3. The van der Waals surface area contributed by atoms with Crippen molar-refractivity contribution in [1.82, 2.24) is 5.32 Å². The van der Waals surface area contributed by atoms with Crippen LogP contribution in [-0.2, 0) is 14.3 Å². The average molecular weight is 383 g/mol. The molecule has 2 aromatic carbocycles. The first-order valence-electron chi connectivity index (χ1n) is 9.17. The van der Waals surface area contributed by atoms with Gasteiger partial charge in [0.1, 0.15) is 0 Å². The lowest BCUT2D eigenvalue weighted by Crippen LogP contribution is -2.35. The zero-order chi connectivity index (χ0) is 20.5. The number of phenols is 1. The molecule has 0 fully saturated rings. The second-order valence-electron chi connectivity index (χ2n) is 6.03. The number of hydrogen-bond acceptors (Lipinski definition) is 5. The van der Waals surface area contributed by atoms with E-state index in [1.165, 1.54) is 13.0 Å². The molecule has 1 amide bonds. The number of amides is 1. The number of esters is 1. The molecule has 6 heteroatoms. The maximum atomic E-state index is 12.8. The molecule has 2 aromatic rings. The molecule has 0 radical (unpaired) electrons. The summed E-state index contributed by atoms with van der Waals surface area (Å²) >= 11 is 0. The highest BCUT2D eigenvalue weighted by Gasteiger charge is 2.21. The third-order valence-corrected chi connectivity index (χ3v) is 3.90. The number of aromatic hydroxyl groups is 1. The molecule has 0 aliphatic carbocycles. The van der Waals surface area contributed by atoms with Crippen molar-refractivity contribution in [2.45, 2.75) is 26.9 Å². The van der Waals surface area contributed by atoms with Crippen molar-refractivity contribution in [3.05, 3.63) is 59.7 Å². The Kier molecular flexibility index (Phi) is 7.63.